The van der Waals surface area contributed by atoms with E-state index in [1.54, 1.807) is 11.6 Å². The largest absolute Gasteiger partial charge is 0.490 e. The Hall–Kier alpha value is -2.98. The third-order valence-corrected chi connectivity index (χ3v) is 6.57. The fourth-order valence-corrected chi connectivity index (χ4v) is 4.91. The van der Waals surface area contributed by atoms with Gasteiger partial charge in [0.15, 0.2) is 0 Å². The molecule has 1 aromatic heterocycles. The first-order valence-corrected chi connectivity index (χ1v) is 10.6. The van der Waals surface area contributed by atoms with Gasteiger partial charge in [-0.1, -0.05) is 11.3 Å². The molecule has 0 bridgehead atoms. The molecule has 0 saturated carbocycles. The van der Waals surface area contributed by atoms with E-state index in [0.717, 1.165) is 0 Å². The Labute approximate surface area is 185 Å². The van der Waals surface area contributed by atoms with Crippen molar-refractivity contribution in [1.82, 2.24) is 15.1 Å². The summed E-state index contributed by atoms with van der Waals surface area (Å²) < 4.78 is 31.7. The number of anilines is 1. The van der Waals surface area contributed by atoms with E-state index in [9.17, 15) is 32.7 Å². The molecule has 4 heterocycles. The molecule has 4 N–H and O–H groups in total. The molecule has 0 radical (unpaired) electrons. The number of hydrogen-bond donors (Lipinski definition) is 3. The van der Waals surface area contributed by atoms with Crippen LogP contribution in [0.15, 0.2) is 28.4 Å². The van der Waals surface area contributed by atoms with E-state index < -0.39 is 30.1 Å². The predicted molar refractivity (Wildman–Crippen MR) is 104 cm³/mol. The number of nitrogens with two attached hydrogens (primary N) is 1. The summed E-state index contributed by atoms with van der Waals surface area (Å²) in [5, 5.41) is 24.4. The molecule has 0 spiro atoms. The van der Waals surface area contributed by atoms with E-state index in [1.165, 1.54) is 32.9 Å². The second-order valence-electron chi connectivity index (χ2n) is 6.52. The first-order chi connectivity index (χ1) is 14.9. The Morgan fingerprint density at radius 2 is 1.94 bits per heavy atom. The van der Waals surface area contributed by atoms with E-state index in [0.29, 0.717) is 35.0 Å². The summed E-state index contributed by atoms with van der Waals surface area (Å²) in [6.07, 6.45) is -3.01. The van der Waals surface area contributed by atoms with Crippen molar-refractivity contribution >= 4 is 52.0 Å². The van der Waals surface area contributed by atoms with E-state index in [4.69, 9.17) is 15.6 Å². The maximum absolute atomic E-state index is 12.5. The molecule has 11 nitrogen and oxygen atoms in total. The summed E-state index contributed by atoms with van der Waals surface area (Å²) in [7, 11) is 0. The molecule has 3 aliphatic heterocycles. The van der Waals surface area contributed by atoms with Gasteiger partial charge in [0.1, 0.15) is 22.6 Å². The lowest BCUT2D eigenvalue weighted by Gasteiger charge is -2.47. The fourth-order valence-electron chi connectivity index (χ4n) is 3.08. The number of rotatable bonds is 3. The highest BCUT2D eigenvalue weighted by Gasteiger charge is 2.51. The number of carboxylic acid groups (broad SMARTS) is 2. The second-order valence-corrected chi connectivity index (χ2v) is 8.43. The van der Waals surface area contributed by atoms with Crippen LogP contribution in [0.5, 0.6) is 0 Å². The van der Waals surface area contributed by atoms with Crippen LogP contribution in [-0.2, 0) is 19.2 Å². The number of aliphatic carboxylic acids is 2. The number of alkyl halides is 3. The summed E-state index contributed by atoms with van der Waals surface area (Å²) in [5.74, 6) is -4.18. The first kappa shape index (κ1) is 23.7. The van der Waals surface area contributed by atoms with Gasteiger partial charge in [-0.05, 0) is 18.1 Å². The summed E-state index contributed by atoms with van der Waals surface area (Å²) in [6.45, 7) is 0.471. The van der Waals surface area contributed by atoms with E-state index in [1.807, 2.05) is 0 Å². The van der Waals surface area contributed by atoms with Crippen molar-refractivity contribution < 1.29 is 42.6 Å². The molecule has 2 fully saturated rings. The summed E-state index contributed by atoms with van der Waals surface area (Å²) >= 11 is 2.67. The maximum Gasteiger partial charge on any atom is 0.490 e. The highest BCUT2D eigenvalue weighted by atomic mass is 32.2. The Kier molecular flexibility index (Phi) is 6.56. The zero-order valence-corrected chi connectivity index (χ0v) is 17.4. The van der Waals surface area contributed by atoms with E-state index in [2.05, 4.69) is 10.2 Å². The molecule has 2 saturated heterocycles. The number of aromatic nitrogens is 2. The number of halogens is 3. The Bertz CT molecular complexity index is 1030. The molecule has 32 heavy (non-hydrogen) atoms. The minimum Gasteiger partial charge on any atom is -0.477 e. The molecule has 16 heteroatoms. The van der Waals surface area contributed by atoms with Crippen LogP contribution in [0.2, 0.25) is 0 Å². The molecular formula is C16H14F3N5O6S2. The number of fused-ring (bicyclic) bond motifs is 1. The summed E-state index contributed by atoms with van der Waals surface area (Å²) in [4.78, 5) is 47.8. The number of nitrogens with zero attached hydrogens (tertiary/aromatic N) is 4. The SMILES string of the molecule is N[C@@H]1C(=O)N2C(C(=O)O)=C(C=C3CCN(c4nncs4)C3=O)CS[C@H]12.O=C(O)C(F)(F)F. The minimum atomic E-state index is -5.08. The number of amides is 2. The molecule has 0 unspecified atom stereocenters. The monoisotopic (exact) mass is 493 g/mol. The lowest BCUT2D eigenvalue weighted by Crippen LogP contribution is -2.68. The molecule has 3 aliphatic rings. The van der Waals surface area contributed by atoms with Gasteiger partial charge in [-0.2, -0.15) is 13.2 Å². The van der Waals surface area contributed by atoms with Crippen LogP contribution in [-0.4, -0.2) is 79.0 Å². The number of carbonyl (C=O) groups is 4. The topological polar surface area (TPSA) is 167 Å². The van der Waals surface area contributed by atoms with Gasteiger partial charge in [-0.25, -0.2) is 9.59 Å². The van der Waals surface area contributed by atoms with Crippen LogP contribution < -0.4 is 10.6 Å². The highest BCUT2D eigenvalue weighted by Crippen LogP contribution is 2.40. The minimum absolute atomic E-state index is 0.0786. The number of allylic oxidation sites excluding steroid dienone is 1. The fraction of sp³-hybridized carbons (Fsp3) is 0.375. The van der Waals surface area contributed by atoms with Crippen LogP contribution in [0.1, 0.15) is 6.42 Å². The molecular weight excluding hydrogens is 479 g/mol. The zero-order chi connectivity index (χ0) is 23.8. The lowest BCUT2D eigenvalue weighted by atomic mass is 10.0. The molecule has 0 aromatic carbocycles. The van der Waals surface area contributed by atoms with Crippen LogP contribution in [0, 0.1) is 0 Å². The van der Waals surface area contributed by atoms with Crippen molar-refractivity contribution in [2.24, 2.45) is 5.73 Å². The lowest BCUT2D eigenvalue weighted by molar-refractivity contribution is -0.192. The van der Waals surface area contributed by atoms with Gasteiger partial charge in [-0.15, -0.1) is 22.0 Å². The predicted octanol–water partition coefficient (Wildman–Crippen LogP) is 0.416. The average Bonchev–Trinajstić information content (AvgIpc) is 3.37. The van der Waals surface area contributed by atoms with Gasteiger partial charge in [0.2, 0.25) is 11.0 Å². The zero-order valence-electron chi connectivity index (χ0n) is 15.8. The average molecular weight is 493 g/mol. The van der Waals surface area contributed by atoms with Crippen LogP contribution in [0.25, 0.3) is 0 Å². The molecule has 1 aromatic rings. The van der Waals surface area contributed by atoms with Gasteiger partial charge in [0, 0.05) is 17.9 Å². The summed E-state index contributed by atoms with van der Waals surface area (Å²) in [6, 6.07) is -0.672. The number of β-lactam (4-membered cyclic amide) rings is 1. The number of carbonyl (C=O) groups excluding carboxylic acids is 2. The van der Waals surface area contributed by atoms with Gasteiger partial charge < -0.3 is 15.9 Å². The van der Waals surface area contributed by atoms with Crippen molar-refractivity contribution in [3.8, 4) is 0 Å². The van der Waals surface area contributed by atoms with Crippen molar-refractivity contribution in [3.05, 3.63) is 28.4 Å². The summed E-state index contributed by atoms with van der Waals surface area (Å²) in [5.41, 5.74) is 8.15. The maximum atomic E-state index is 12.5. The van der Waals surface area contributed by atoms with Crippen LogP contribution >= 0.6 is 23.1 Å². The Balaban J connectivity index is 0.000000360. The van der Waals surface area contributed by atoms with Crippen LogP contribution in [0.4, 0.5) is 18.3 Å². The molecule has 172 valence electrons. The van der Waals surface area contributed by atoms with Crippen molar-refractivity contribution in [2.75, 3.05) is 17.2 Å². The van der Waals surface area contributed by atoms with Crippen molar-refractivity contribution in [1.29, 1.82) is 0 Å². The second kappa shape index (κ2) is 8.87. The number of carboxylic acids is 2. The molecule has 2 amide bonds. The highest BCUT2D eigenvalue weighted by molar-refractivity contribution is 8.00. The quantitative estimate of drug-likeness (QED) is 0.396. The number of hydrogen-bond acceptors (Lipinski definition) is 9. The van der Waals surface area contributed by atoms with Crippen molar-refractivity contribution in [2.45, 2.75) is 24.0 Å². The molecule has 4 rings (SSSR count). The third kappa shape index (κ3) is 4.46. The molecule has 2 atom stereocenters. The van der Waals surface area contributed by atoms with Gasteiger partial charge in [-0.3, -0.25) is 19.4 Å². The standard InChI is InChI=1S/C14H13N5O4S2.C2HF3O2/c15-8-11(21)19-9(13(22)23)7(4-24-12(8)19)3-6-1-2-18(10(6)20)14-17-16-5-25-14;3-2(4,5)1(6)7/h3,5,8,12H,1-2,4,15H2,(H,22,23);(H,6,7)/t8-,12-;/m1./s1. The van der Waals surface area contributed by atoms with Gasteiger partial charge in [0.05, 0.1) is 0 Å². The smallest absolute Gasteiger partial charge is 0.477 e. The first-order valence-electron chi connectivity index (χ1n) is 8.69. The molecule has 0 aliphatic carbocycles. The van der Waals surface area contributed by atoms with Gasteiger partial charge in [0.25, 0.3) is 5.91 Å². The third-order valence-electron chi connectivity index (χ3n) is 4.54. The van der Waals surface area contributed by atoms with E-state index in [-0.39, 0.29) is 17.0 Å². The Morgan fingerprint density at radius 1 is 1.28 bits per heavy atom. The van der Waals surface area contributed by atoms with Crippen LogP contribution in [0.3, 0.4) is 0 Å². The van der Waals surface area contributed by atoms with Crippen molar-refractivity contribution in [3.63, 3.8) is 0 Å². The van der Waals surface area contributed by atoms with Gasteiger partial charge >= 0.3 is 18.1 Å². The normalized spacial score (nSPS) is 24.2. The Morgan fingerprint density at radius 3 is 2.47 bits per heavy atom. The number of thioether (sulfide) groups is 1. The van der Waals surface area contributed by atoms with E-state index >= 15 is 0 Å².